The van der Waals surface area contributed by atoms with Gasteiger partial charge in [0.2, 0.25) is 0 Å². The molecule has 2 nitrogen and oxygen atoms in total. The summed E-state index contributed by atoms with van der Waals surface area (Å²) in [5.74, 6) is 0.208. The molecule has 1 heterocycles. The second-order valence-electron chi connectivity index (χ2n) is 1.99. The van der Waals surface area contributed by atoms with E-state index in [0.717, 1.165) is 6.54 Å². The van der Waals surface area contributed by atoms with E-state index in [9.17, 15) is 0 Å². The first-order valence-electron chi connectivity index (χ1n) is 2.52. The predicted octanol–water partition coefficient (Wildman–Crippen LogP) is -0.599. The second-order valence-corrected chi connectivity index (χ2v) is 1.99. The van der Waals surface area contributed by atoms with E-state index in [0.29, 0.717) is 6.54 Å². The fraction of sp³-hybridized carbons (Fsp3) is 0.800. The molecule has 1 rings (SSSR count). The summed E-state index contributed by atoms with van der Waals surface area (Å²) < 4.78 is 0. The Kier molecular flexibility index (Phi) is 1.30. The van der Waals surface area contributed by atoms with Crippen molar-refractivity contribution in [3.8, 4) is 0 Å². The van der Waals surface area contributed by atoms with Crippen molar-refractivity contribution in [3.05, 3.63) is 6.92 Å². The molecule has 0 aromatic heterocycles. The van der Waals surface area contributed by atoms with Crippen molar-refractivity contribution < 1.29 is 5.11 Å². The molecule has 2 heteroatoms. The van der Waals surface area contributed by atoms with Crippen molar-refractivity contribution in [2.45, 2.75) is 6.10 Å². The van der Waals surface area contributed by atoms with Crippen molar-refractivity contribution in [1.29, 1.82) is 0 Å². The van der Waals surface area contributed by atoms with Gasteiger partial charge >= 0.3 is 0 Å². The average Bonchev–Trinajstić information content (AvgIpc) is 1.91. The lowest BCUT2D eigenvalue weighted by Gasteiger charge is -2.02. The van der Waals surface area contributed by atoms with Gasteiger partial charge in [-0.25, -0.2) is 0 Å². The zero-order valence-corrected chi connectivity index (χ0v) is 4.22. The van der Waals surface area contributed by atoms with Crippen LogP contribution in [0.25, 0.3) is 0 Å². The van der Waals surface area contributed by atoms with E-state index in [2.05, 4.69) is 12.2 Å². The first-order chi connectivity index (χ1) is 3.30. The van der Waals surface area contributed by atoms with Crippen LogP contribution in [-0.4, -0.2) is 24.3 Å². The maximum Gasteiger partial charge on any atom is 0.0704 e. The zero-order valence-electron chi connectivity index (χ0n) is 4.22. The van der Waals surface area contributed by atoms with E-state index >= 15 is 0 Å². The Morgan fingerprint density at radius 2 is 2.29 bits per heavy atom. The fourth-order valence-electron chi connectivity index (χ4n) is 0.719. The highest BCUT2D eigenvalue weighted by atomic mass is 16.3. The second kappa shape index (κ2) is 1.80. The third kappa shape index (κ3) is 0.924. The molecule has 1 fully saturated rings. The third-order valence-corrected chi connectivity index (χ3v) is 1.30. The van der Waals surface area contributed by atoms with E-state index in [4.69, 9.17) is 5.11 Å². The van der Waals surface area contributed by atoms with Crippen molar-refractivity contribution in [1.82, 2.24) is 5.32 Å². The van der Waals surface area contributed by atoms with Crippen LogP contribution < -0.4 is 5.32 Å². The van der Waals surface area contributed by atoms with E-state index < -0.39 is 0 Å². The van der Waals surface area contributed by atoms with Crippen molar-refractivity contribution in [2.24, 2.45) is 5.92 Å². The van der Waals surface area contributed by atoms with Gasteiger partial charge in [0.25, 0.3) is 0 Å². The Labute approximate surface area is 43.5 Å². The molecule has 1 aliphatic heterocycles. The number of rotatable bonds is 0. The summed E-state index contributed by atoms with van der Waals surface area (Å²) in [6, 6.07) is 0. The Morgan fingerprint density at radius 1 is 1.57 bits per heavy atom. The van der Waals surface area contributed by atoms with Gasteiger partial charge in [0.1, 0.15) is 0 Å². The molecule has 0 saturated carbocycles. The maximum atomic E-state index is 8.87. The molecule has 0 amide bonds. The van der Waals surface area contributed by atoms with Gasteiger partial charge in [0.05, 0.1) is 6.10 Å². The summed E-state index contributed by atoms with van der Waals surface area (Å²) >= 11 is 0. The number of hydrogen-bond donors (Lipinski definition) is 2. The molecule has 2 N–H and O–H groups in total. The van der Waals surface area contributed by atoms with Crippen molar-refractivity contribution in [2.75, 3.05) is 13.1 Å². The highest BCUT2D eigenvalue weighted by molar-refractivity contribution is 4.81. The average molecular weight is 100 g/mol. The van der Waals surface area contributed by atoms with Crippen molar-refractivity contribution >= 4 is 0 Å². The lowest BCUT2D eigenvalue weighted by Crippen LogP contribution is -2.14. The first-order valence-corrected chi connectivity index (χ1v) is 2.52. The maximum absolute atomic E-state index is 8.87. The normalized spacial score (nSPS) is 42.0. The molecule has 41 valence electrons. The van der Waals surface area contributed by atoms with Gasteiger partial charge in [-0.3, -0.25) is 0 Å². The molecule has 2 unspecified atom stereocenters. The van der Waals surface area contributed by atoms with Gasteiger partial charge in [-0.1, -0.05) is 0 Å². The minimum Gasteiger partial charge on any atom is -0.391 e. The summed E-state index contributed by atoms with van der Waals surface area (Å²) in [5, 5.41) is 11.9. The van der Waals surface area contributed by atoms with Gasteiger partial charge < -0.3 is 10.4 Å². The molecular formula is C5H10NO. The summed E-state index contributed by atoms with van der Waals surface area (Å²) in [7, 11) is 0. The van der Waals surface area contributed by atoms with Crippen LogP contribution in [0, 0.1) is 12.8 Å². The molecule has 1 radical (unpaired) electrons. The molecular weight excluding hydrogens is 90.1 g/mol. The molecule has 7 heavy (non-hydrogen) atoms. The standard InChI is InChI=1S/C5H10NO/c1-4-2-6-3-5(4)7/h4-7H,1-3H2. The zero-order chi connectivity index (χ0) is 5.28. The summed E-state index contributed by atoms with van der Waals surface area (Å²) in [4.78, 5) is 0. The largest absolute Gasteiger partial charge is 0.391 e. The Morgan fingerprint density at radius 3 is 2.43 bits per heavy atom. The Hall–Kier alpha value is -0.0800. The lowest BCUT2D eigenvalue weighted by atomic mass is 10.1. The van der Waals surface area contributed by atoms with Gasteiger partial charge in [-0.2, -0.15) is 0 Å². The van der Waals surface area contributed by atoms with Crippen molar-refractivity contribution in [3.63, 3.8) is 0 Å². The van der Waals surface area contributed by atoms with Gasteiger partial charge in [-0.15, -0.1) is 0 Å². The van der Waals surface area contributed by atoms with E-state index in [1.165, 1.54) is 0 Å². The predicted molar refractivity (Wildman–Crippen MR) is 27.7 cm³/mol. The van der Waals surface area contributed by atoms with Crippen LogP contribution in [0.2, 0.25) is 0 Å². The van der Waals surface area contributed by atoms with Crippen LogP contribution in [0.4, 0.5) is 0 Å². The molecule has 1 saturated heterocycles. The monoisotopic (exact) mass is 100 g/mol. The number of hydrogen-bond acceptors (Lipinski definition) is 2. The van der Waals surface area contributed by atoms with Gasteiger partial charge in [0, 0.05) is 13.1 Å². The highest BCUT2D eigenvalue weighted by Gasteiger charge is 2.19. The Balaban J connectivity index is 2.33. The minimum absolute atomic E-state index is 0.208. The van der Waals surface area contributed by atoms with Crippen LogP contribution in [0.15, 0.2) is 0 Å². The van der Waals surface area contributed by atoms with E-state index in [1.807, 2.05) is 0 Å². The first kappa shape index (κ1) is 5.06. The topological polar surface area (TPSA) is 32.3 Å². The summed E-state index contributed by atoms with van der Waals surface area (Å²) in [5.41, 5.74) is 0. The van der Waals surface area contributed by atoms with Crippen LogP contribution in [0.3, 0.4) is 0 Å². The molecule has 0 aromatic rings. The van der Waals surface area contributed by atoms with Crippen LogP contribution in [-0.2, 0) is 0 Å². The molecule has 0 aliphatic carbocycles. The highest BCUT2D eigenvalue weighted by Crippen LogP contribution is 2.04. The van der Waals surface area contributed by atoms with Crippen LogP contribution in [0.5, 0.6) is 0 Å². The number of aliphatic hydroxyl groups is 1. The molecule has 2 atom stereocenters. The van der Waals surface area contributed by atoms with Crippen LogP contribution in [0.1, 0.15) is 0 Å². The molecule has 0 bridgehead atoms. The quantitative estimate of drug-likeness (QED) is 0.426. The smallest absolute Gasteiger partial charge is 0.0704 e. The fourth-order valence-corrected chi connectivity index (χ4v) is 0.719. The summed E-state index contributed by atoms with van der Waals surface area (Å²) in [6.07, 6.45) is -0.208. The molecule has 1 aliphatic rings. The van der Waals surface area contributed by atoms with E-state index in [1.54, 1.807) is 0 Å². The molecule has 0 aromatic carbocycles. The van der Waals surface area contributed by atoms with Gasteiger partial charge in [0.15, 0.2) is 0 Å². The summed E-state index contributed by atoms with van der Waals surface area (Å²) in [6.45, 7) is 5.28. The minimum atomic E-state index is -0.208. The third-order valence-electron chi connectivity index (χ3n) is 1.30. The Bertz CT molecular complexity index is 57.1. The number of β-amino-alcohol motifs (C(OH)–C–C–N with tert-alkyl or cyclic N) is 1. The van der Waals surface area contributed by atoms with Gasteiger partial charge in [-0.05, 0) is 12.8 Å². The lowest BCUT2D eigenvalue weighted by molar-refractivity contribution is 0.166. The molecule has 0 spiro atoms. The van der Waals surface area contributed by atoms with E-state index in [-0.39, 0.29) is 12.0 Å². The van der Waals surface area contributed by atoms with Crippen LogP contribution >= 0.6 is 0 Å². The SMILES string of the molecule is [CH2]C1CNCC1O. The number of aliphatic hydroxyl groups excluding tert-OH is 1. The number of nitrogens with one attached hydrogen (secondary N) is 1.